The summed E-state index contributed by atoms with van der Waals surface area (Å²) in [6.45, 7) is 3.47. The minimum atomic E-state index is -1.01. The Kier molecular flexibility index (Phi) is 4.68. The average molecular weight is 229 g/mol. The third kappa shape index (κ3) is 3.58. The molecule has 2 N–H and O–H groups in total. The van der Waals surface area contributed by atoms with Gasteiger partial charge in [0.05, 0.1) is 5.25 Å². The number of nitrogens with one attached hydrogen (secondary N) is 1. The summed E-state index contributed by atoms with van der Waals surface area (Å²) in [5.74, 6) is -0.185. The molecule has 0 aliphatic carbocycles. The molecule has 0 aromatic heterocycles. The molecule has 1 heterocycles. The quantitative estimate of drug-likeness (QED) is 0.691. The highest BCUT2D eigenvalue weighted by Crippen LogP contribution is 2.26. The molecular weight excluding hydrogens is 214 g/mol. The zero-order chi connectivity index (χ0) is 11.3. The predicted molar refractivity (Wildman–Crippen MR) is 59.9 cm³/mol. The Bertz CT molecular complexity index is 261. The van der Waals surface area contributed by atoms with Crippen molar-refractivity contribution in [2.24, 2.45) is 0 Å². The first-order valence-electron chi connectivity index (χ1n) is 4.91. The lowest BCUT2D eigenvalue weighted by atomic mass is 10.2. The molecule has 0 aromatic carbocycles. The van der Waals surface area contributed by atoms with Crippen LogP contribution in [-0.4, -0.2) is 34.0 Å². The van der Waals surface area contributed by atoms with Gasteiger partial charge >= 0.3 is 5.97 Å². The number of hydrogen-bond acceptors (Lipinski definition) is 3. The molecule has 84 valence electrons. The fourth-order valence-electron chi connectivity index (χ4n) is 1.44. The van der Waals surface area contributed by atoms with Crippen molar-refractivity contribution >= 4 is 23.6 Å². The van der Waals surface area contributed by atoms with E-state index in [9.17, 15) is 9.59 Å². The normalized spacial score (nSPS) is 22.0. The van der Waals surface area contributed by atoms with Gasteiger partial charge in [0.25, 0.3) is 0 Å². The molecule has 0 spiro atoms. The van der Waals surface area contributed by atoms with E-state index in [0.29, 0.717) is 0 Å². The Balaban J connectivity index is 2.45. The van der Waals surface area contributed by atoms with Crippen molar-refractivity contribution < 1.29 is 14.7 Å². The summed E-state index contributed by atoms with van der Waals surface area (Å²) in [4.78, 5) is 22.4. The van der Waals surface area contributed by atoms with Crippen molar-refractivity contribution in [3.05, 3.63) is 12.7 Å². The molecule has 1 aliphatic rings. The van der Waals surface area contributed by atoms with E-state index in [2.05, 4.69) is 11.9 Å². The van der Waals surface area contributed by atoms with E-state index in [1.165, 1.54) is 6.08 Å². The van der Waals surface area contributed by atoms with Crippen LogP contribution in [-0.2, 0) is 9.59 Å². The lowest BCUT2D eigenvalue weighted by Crippen LogP contribution is -2.43. The number of carbonyl (C=O) groups excluding carboxylic acids is 1. The molecule has 1 amide bonds. The topological polar surface area (TPSA) is 66.4 Å². The maximum atomic E-state index is 11.6. The van der Waals surface area contributed by atoms with E-state index in [0.717, 1.165) is 18.6 Å². The first-order chi connectivity index (χ1) is 7.15. The standard InChI is InChI=1S/C10H15NO3S/c1-2-4-7(10(13)14)11-9(12)8-5-3-6-15-8/h2,7-8H,1,3-6H2,(H,11,12)(H,13,14). The van der Waals surface area contributed by atoms with Gasteiger partial charge in [-0.2, -0.15) is 0 Å². The summed E-state index contributed by atoms with van der Waals surface area (Å²) in [7, 11) is 0. The van der Waals surface area contributed by atoms with Crippen molar-refractivity contribution in [2.75, 3.05) is 5.75 Å². The number of rotatable bonds is 5. The van der Waals surface area contributed by atoms with E-state index >= 15 is 0 Å². The van der Waals surface area contributed by atoms with Crippen LogP contribution in [0.1, 0.15) is 19.3 Å². The molecular formula is C10H15NO3S. The average Bonchev–Trinajstić information content (AvgIpc) is 2.69. The molecule has 1 saturated heterocycles. The van der Waals surface area contributed by atoms with Crippen molar-refractivity contribution in [3.8, 4) is 0 Å². The van der Waals surface area contributed by atoms with Gasteiger partial charge < -0.3 is 10.4 Å². The first-order valence-corrected chi connectivity index (χ1v) is 5.95. The monoisotopic (exact) mass is 229 g/mol. The van der Waals surface area contributed by atoms with Crippen LogP contribution in [0.3, 0.4) is 0 Å². The van der Waals surface area contributed by atoms with Gasteiger partial charge in [-0.1, -0.05) is 6.08 Å². The Morgan fingerprint density at radius 2 is 2.40 bits per heavy atom. The van der Waals surface area contributed by atoms with Crippen molar-refractivity contribution in [2.45, 2.75) is 30.6 Å². The van der Waals surface area contributed by atoms with Crippen molar-refractivity contribution in [1.82, 2.24) is 5.32 Å². The van der Waals surface area contributed by atoms with Gasteiger partial charge in [0.2, 0.25) is 5.91 Å². The molecule has 0 saturated carbocycles. The molecule has 2 atom stereocenters. The van der Waals surface area contributed by atoms with Crippen LogP contribution in [0.4, 0.5) is 0 Å². The Morgan fingerprint density at radius 1 is 1.67 bits per heavy atom. The van der Waals surface area contributed by atoms with Crippen LogP contribution in [0.5, 0.6) is 0 Å². The minimum Gasteiger partial charge on any atom is -0.480 e. The smallest absolute Gasteiger partial charge is 0.326 e. The van der Waals surface area contributed by atoms with Gasteiger partial charge in [-0.3, -0.25) is 4.79 Å². The molecule has 0 bridgehead atoms. The minimum absolute atomic E-state index is 0.0725. The Hall–Kier alpha value is -0.970. The van der Waals surface area contributed by atoms with E-state index in [4.69, 9.17) is 5.11 Å². The Labute approximate surface area is 93.1 Å². The second-order valence-corrected chi connectivity index (χ2v) is 4.74. The Morgan fingerprint density at radius 3 is 2.87 bits per heavy atom. The molecule has 4 nitrogen and oxygen atoms in total. The van der Waals surface area contributed by atoms with Crippen molar-refractivity contribution in [1.29, 1.82) is 0 Å². The zero-order valence-corrected chi connectivity index (χ0v) is 9.26. The summed E-state index contributed by atoms with van der Waals surface area (Å²) in [6.07, 6.45) is 3.64. The highest BCUT2D eigenvalue weighted by Gasteiger charge is 2.27. The molecule has 15 heavy (non-hydrogen) atoms. The molecule has 5 heteroatoms. The van der Waals surface area contributed by atoms with Crippen LogP contribution in [0, 0.1) is 0 Å². The second kappa shape index (κ2) is 5.80. The molecule has 1 rings (SSSR count). The fourth-order valence-corrected chi connectivity index (χ4v) is 2.61. The summed E-state index contributed by atoms with van der Waals surface area (Å²) in [5.41, 5.74) is 0. The molecule has 1 fully saturated rings. The predicted octanol–water partition coefficient (Wildman–Crippen LogP) is 1.03. The lowest BCUT2D eigenvalue weighted by molar-refractivity contribution is -0.141. The number of hydrogen-bond donors (Lipinski definition) is 2. The summed E-state index contributed by atoms with van der Waals surface area (Å²) >= 11 is 1.59. The van der Waals surface area contributed by atoms with Gasteiger partial charge in [0.1, 0.15) is 6.04 Å². The maximum Gasteiger partial charge on any atom is 0.326 e. The van der Waals surface area contributed by atoms with E-state index < -0.39 is 12.0 Å². The summed E-state index contributed by atoms with van der Waals surface area (Å²) in [5, 5.41) is 11.3. The van der Waals surface area contributed by atoms with Gasteiger partial charge in [-0.25, -0.2) is 4.79 Å². The van der Waals surface area contributed by atoms with Gasteiger partial charge in [0, 0.05) is 0 Å². The van der Waals surface area contributed by atoms with Crippen molar-refractivity contribution in [3.63, 3.8) is 0 Å². The number of thioether (sulfide) groups is 1. The SMILES string of the molecule is C=CCC(NC(=O)C1CCCS1)C(=O)O. The molecule has 0 radical (unpaired) electrons. The zero-order valence-electron chi connectivity index (χ0n) is 8.44. The molecule has 1 aliphatic heterocycles. The molecule has 0 aromatic rings. The highest BCUT2D eigenvalue weighted by molar-refractivity contribution is 8.00. The number of aliphatic carboxylic acids is 1. The number of carboxylic acids is 1. The lowest BCUT2D eigenvalue weighted by Gasteiger charge is -2.15. The molecule has 2 unspecified atom stereocenters. The van der Waals surface area contributed by atoms with Crippen LogP contribution in [0.15, 0.2) is 12.7 Å². The van der Waals surface area contributed by atoms with Crippen LogP contribution in [0.2, 0.25) is 0 Å². The third-order valence-corrected chi connectivity index (χ3v) is 3.62. The first kappa shape index (κ1) is 12.1. The highest BCUT2D eigenvalue weighted by atomic mass is 32.2. The van der Waals surface area contributed by atoms with E-state index in [1.54, 1.807) is 11.8 Å². The van der Waals surface area contributed by atoms with Crippen LogP contribution in [0.25, 0.3) is 0 Å². The van der Waals surface area contributed by atoms with Gasteiger partial charge in [0.15, 0.2) is 0 Å². The van der Waals surface area contributed by atoms with Gasteiger partial charge in [-0.05, 0) is 25.0 Å². The number of carboxylic acid groups (broad SMARTS) is 1. The van der Waals surface area contributed by atoms with Crippen LogP contribution >= 0.6 is 11.8 Å². The summed E-state index contributed by atoms with van der Waals surface area (Å²) < 4.78 is 0. The van der Waals surface area contributed by atoms with Gasteiger partial charge in [-0.15, -0.1) is 18.3 Å². The van der Waals surface area contributed by atoms with E-state index in [1.807, 2.05) is 0 Å². The summed E-state index contributed by atoms with van der Waals surface area (Å²) in [6, 6.07) is -0.837. The number of carbonyl (C=O) groups is 2. The second-order valence-electron chi connectivity index (χ2n) is 3.43. The maximum absolute atomic E-state index is 11.6. The van der Waals surface area contributed by atoms with Crippen LogP contribution < -0.4 is 5.32 Å². The van der Waals surface area contributed by atoms with E-state index in [-0.39, 0.29) is 17.6 Å². The third-order valence-electron chi connectivity index (χ3n) is 2.24. The fraction of sp³-hybridized carbons (Fsp3) is 0.600. The largest absolute Gasteiger partial charge is 0.480 e. The number of amides is 1.